The first kappa shape index (κ1) is 23.1. The highest BCUT2D eigenvalue weighted by Crippen LogP contribution is 2.24. The molecule has 2 aliphatic rings. The predicted molar refractivity (Wildman–Crippen MR) is 130 cm³/mol. The number of piperidine rings is 1. The third-order valence-corrected chi connectivity index (χ3v) is 7.05. The smallest absolute Gasteiger partial charge is 0.225 e. The number of benzene rings is 1. The van der Waals surface area contributed by atoms with Crippen molar-refractivity contribution in [2.24, 2.45) is 5.92 Å². The summed E-state index contributed by atoms with van der Waals surface area (Å²) in [7, 11) is 1.64. The molecule has 0 atom stereocenters. The topological polar surface area (TPSA) is 96.2 Å². The van der Waals surface area contributed by atoms with Crippen molar-refractivity contribution in [1.82, 2.24) is 29.6 Å². The lowest BCUT2D eigenvalue weighted by Crippen LogP contribution is -2.53. The van der Waals surface area contributed by atoms with Gasteiger partial charge < -0.3 is 19.4 Å². The van der Waals surface area contributed by atoms with E-state index in [0.29, 0.717) is 39.0 Å². The molecule has 2 aromatic heterocycles. The van der Waals surface area contributed by atoms with E-state index in [9.17, 15) is 9.59 Å². The second-order valence-corrected chi connectivity index (χ2v) is 9.14. The Morgan fingerprint density at radius 3 is 2.37 bits per heavy atom. The summed E-state index contributed by atoms with van der Waals surface area (Å²) in [5, 5.41) is 12.4. The highest BCUT2D eigenvalue weighted by atomic mass is 16.5. The normalized spacial score (nSPS) is 17.1. The first-order valence-corrected chi connectivity index (χ1v) is 12.2. The van der Waals surface area contributed by atoms with E-state index in [1.165, 1.54) is 0 Å². The van der Waals surface area contributed by atoms with Crippen LogP contribution >= 0.6 is 0 Å². The van der Waals surface area contributed by atoms with Crippen LogP contribution in [0.3, 0.4) is 0 Å². The lowest BCUT2D eigenvalue weighted by molar-refractivity contribution is -0.142. The molecule has 0 spiro atoms. The van der Waals surface area contributed by atoms with Crippen molar-refractivity contribution in [1.29, 1.82) is 0 Å². The number of carbonyl (C=O) groups excluding carboxylic acids is 2. The standard InChI is InChI=1S/C25H31N7O3/c1-35-21-5-2-19(3-6-21)4-9-24(33)30-14-16-31(17-15-30)25(34)20-10-12-29(13-11-20)23-8-7-22-27-26-18-32(22)28-23/h2-3,5-8,18,20H,4,9-17H2,1H3. The highest BCUT2D eigenvalue weighted by Gasteiger charge is 2.31. The maximum atomic E-state index is 13.1. The largest absolute Gasteiger partial charge is 0.497 e. The molecule has 5 rings (SSSR count). The molecule has 0 saturated carbocycles. The van der Waals surface area contributed by atoms with Gasteiger partial charge in [0.2, 0.25) is 11.8 Å². The van der Waals surface area contributed by atoms with Crippen molar-refractivity contribution in [3.05, 3.63) is 48.3 Å². The molecule has 2 fully saturated rings. The van der Waals surface area contributed by atoms with Gasteiger partial charge in [0.1, 0.15) is 17.9 Å². The number of fused-ring (bicyclic) bond motifs is 1. The Morgan fingerprint density at radius 1 is 0.943 bits per heavy atom. The third kappa shape index (κ3) is 5.21. The molecule has 0 bridgehead atoms. The Balaban J connectivity index is 1.06. The number of carbonyl (C=O) groups is 2. The van der Waals surface area contributed by atoms with Gasteiger partial charge in [0.15, 0.2) is 5.65 Å². The Labute approximate surface area is 204 Å². The van der Waals surface area contributed by atoms with E-state index < -0.39 is 0 Å². The lowest BCUT2D eigenvalue weighted by atomic mass is 9.95. The molecule has 10 nitrogen and oxygen atoms in total. The van der Waals surface area contributed by atoms with Gasteiger partial charge in [0.05, 0.1) is 7.11 Å². The molecule has 184 valence electrons. The summed E-state index contributed by atoms with van der Waals surface area (Å²) in [6.07, 6.45) is 4.40. The zero-order chi connectivity index (χ0) is 24.2. The van der Waals surface area contributed by atoms with Crippen LogP contribution in [-0.2, 0) is 16.0 Å². The average Bonchev–Trinajstić information content (AvgIpc) is 3.40. The van der Waals surface area contributed by atoms with Crippen molar-refractivity contribution >= 4 is 23.3 Å². The van der Waals surface area contributed by atoms with E-state index in [1.807, 2.05) is 46.2 Å². The summed E-state index contributed by atoms with van der Waals surface area (Å²) in [4.78, 5) is 31.9. The van der Waals surface area contributed by atoms with Crippen LogP contribution in [0.15, 0.2) is 42.7 Å². The van der Waals surface area contributed by atoms with Crippen molar-refractivity contribution in [2.75, 3.05) is 51.3 Å². The Hall–Kier alpha value is -3.69. The molecule has 2 saturated heterocycles. The van der Waals surface area contributed by atoms with E-state index in [-0.39, 0.29) is 17.7 Å². The number of amides is 2. The van der Waals surface area contributed by atoms with Gasteiger partial charge in [0, 0.05) is 51.6 Å². The minimum Gasteiger partial charge on any atom is -0.497 e. The van der Waals surface area contributed by atoms with E-state index >= 15 is 0 Å². The third-order valence-electron chi connectivity index (χ3n) is 7.05. The zero-order valence-electron chi connectivity index (χ0n) is 20.0. The van der Waals surface area contributed by atoms with Crippen LogP contribution in [0, 0.1) is 5.92 Å². The number of nitrogens with zero attached hydrogens (tertiary/aromatic N) is 7. The number of aromatic nitrogens is 4. The fourth-order valence-corrected chi connectivity index (χ4v) is 4.88. The number of methoxy groups -OCH3 is 1. The quantitative estimate of drug-likeness (QED) is 0.533. The Kier molecular flexibility index (Phi) is 6.78. The first-order valence-electron chi connectivity index (χ1n) is 12.2. The van der Waals surface area contributed by atoms with E-state index in [1.54, 1.807) is 18.0 Å². The molecule has 3 aromatic rings. The SMILES string of the molecule is COc1ccc(CCC(=O)N2CCN(C(=O)C3CCN(c4ccc5nncn5n4)CC3)CC2)cc1. The summed E-state index contributed by atoms with van der Waals surface area (Å²) in [5.41, 5.74) is 1.84. The van der Waals surface area contributed by atoms with Gasteiger partial charge in [-0.15, -0.1) is 15.3 Å². The fourth-order valence-electron chi connectivity index (χ4n) is 4.88. The van der Waals surface area contributed by atoms with Gasteiger partial charge in [-0.1, -0.05) is 12.1 Å². The van der Waals surface area contributed by atoms with Crippen LogP contribution < -0.4 is 9.64 Å². The molecule has 0 N–H and O–H groups in total. The molecule has 0 unspecified atom stereocenters. The van der Waals surface area contributed by atoms with Crippen LogP contribution in [0.1, 0.15) is 24.8 Å². The molecular formula is C25H31N7O3. The van der Waals surface area contributed by atoms with Gasteiger partial charge in [-0.3, -0.25) is 9.59 Å². The molecule has 1 aromatic carbocycles. The second kappa shape index (κ2) is 10.3. The molecule has 2 amide bonds. The van der Waals surface area contributed by atoms with Crippen LogP contribution in [-0.4, -0.2) is 87.8 Å². The van der Waals surface area contributed by atoms with Crippen molar-refractivity contribution in [3.63, 3.8) is 0 Å². The second-order valence-electron chi connectivity index (χ2n) is 9.14. The summed E-state index contributed by atoms with van der Waals surface area (Å²) in [6, 6.07) is 11.7. The molecule has 0 aliphatic carbocycles. The van der Waals surface area contributed by atoms with Crippen molar-refractivity contribution in [3.8, 4) is 5.75 Å². The maximum Gasteiger partial charge on any atom is 0.225 e. The predicted octanol–water partition coefficient (Wildman–Crippen LogP) is 1.65. The Bertz CT molecular complexity index is 1160. The van der Waals surface area contributed by atoms with Gasteiger partial charge in [-0.05, 0) is 49.1 Å². The summed E-state index contributed by atoms with van der Waals surface area (Å²) in [5.74, 6) is 2.10. The number of ether oxygens (including phenoxy) is 1. The van der Waals surface area contributed by atoms with Gasteiger partial charge in [0.25, 0.3) is 0 Å². The van der Waals surface area contributed by atoms with Gasteiger partial charge in [-0.25, -0.2) is 0 Å². The van der Waals surface area contributed by atoms with Crippen LogP contribution in [0.2, 0.25) is 0 Å². The summed E-state index contributed by atoms with van der Waals surface area (Å²) < 4.78 is 6.85. The summed E-state index contributed by atoms with van der Waals surface area (Å²) >= 11 is 0. The van der Waals surface area contributed by atoms with E-state index in [4.69, 9.17) is 4.74 Å². The number of piperazine rings is 1. The minimum absolute atomic E-state index is 0.0298. The monoisotopic (exact) mass is 477 g/mol. The van der Waals surface area contributed by atoms with Gasteiger partial charge in [-0.2, -0.15) is 4.52 Å². The molecule has 4 heterocycles. The number of anilines is 1. The van der Waals surface area contributed by atoms with Crippen LogP contribution in [0.25, 0.3) is 5.65 Å². The maximum absolute atomic E-state index is 13.1. The number of rotatable bonds is 6. The molecular weight excluding hydrogens is 446 g/mol. The van der Waals surface area contributed by atoms with Crippen LogP contribution in [0.4, 0.5) is 5.82 Å². The van der Waals surface area contributed by atoms with E-state index in [0.717, 1.165) is 48.7 Å². The molecule has 10 heteroatoms. The van der Waals surface area contributed by atoms with Crippen molar-refractivity contribution < 1.29 is 14.3 Å². The average molecular weight is 478 g/mol. The highest BCUT2D eigenvalue weighted by molar-refractivity contribution is 5.80. The Morgan fingerprint density at radius 2 is 1.66 bits per heavy atom. The molecule has 35 heavy (non-hydrogen) atoms. The number of aryl methyl sites for hydroxylation is 1. The molecule has 0 radical (unpaired) electrons. The fraction of sp³-hybridized carbons (Fsp3) is 0.480. The van der Waals surface area contributed by atoms with Crippen LogP contribution in [0.5, 0.6) is 5.75 Å². The number of hydrogen-bond acceptors (Lipinski definition) is 7. The van der Waals surface area contributed by atoms with Gasteiger partial charge >= 0.3 is 0 Å². The van der Waals surface area contributed by atoms with E-state index in [2.05, 4.69) is 20.2 Å². The minimum atomic E-state index is 0.0298. The molecule has 2 aliphatic heterocycles. The zero-order valence-corrected chi connectivity index (χ0v) is 20.0. The summed E-state index contributed by atoms with van der Waals surface area (Å²) in [6.45, 7) is 4.02. The lowest BCUT2D eigenvalue weighted by Gasteiger charge is -2.38. The number of hydrogen-bond donors (Lipinski definition) is 0. The van der Waals surface area contributed by atoms with Crippen molar-refractivity contribution in [2.45, 2.75) is 25.7 Å². The first-order chi connectivity index (χ1) is 17.1.